The lowest BCUT2D eigenvalue weighted by Gasteiger charge is -2.06. The van der Waals surface area contributed by atoms with Crippen molar-refractivity contribution < 1.29 is 8.78 Å². The van der Waals surface area contributed by atoms with Crippen LogP contribution in [0.2, 0.25) is 0 Å². The number of nitrogens with zero attached hydrogens (tertiary/aromatic N) is 2. The van der Waals surface area contributed by atoms with Crippen molar-refractivity contribution in [1.29, 1.82) is 0 Å². The van der Waals surface area contributed by atoms with Crippen LogP contribution in [0.15, 0.2) is 30.6 Å². The molecule has 2 rings (SSSR count). The predicted molar refractivity (Wildman–Crippen MR) is 56.6 cm³/mol. The molecule has 0 unspecified atom stereocenters. The zero-order valence-electron chi connectivity index (χ0n) is 8.53. The van der Waals surface area contributed by atoms with Crippen LogP contribution in [-0.2, 0) is 6.54 Å². The van der Waals surface area contributed by atoms with E-state index in [1.165, 1.54) is 6.07 Å². The third-order valence-electron chi connectivity index (χ3n) is 2.26. The Morgan fingerprint density at radius 2 is 2.06 bits per heavy atom. The van der Waals surface area contributed by atoms with Crippen molar-refractivity contribution in [2.75, 3.05) is 6.54 Å². The smallest absolute Gasteiger partial charge is 0.159 e. The van der Waals surface area contributed by atoms with Gasteiger partial charge in [-0.2, -0.15) is 0 Å². The number of halogens is 2. The second kappa shape index (κ2) is 4.40. The van der Waals surface area contributed by atoms with Crippen LogP contribution in [0, 0.1) is 11.6 Å². The van der Waals surface area contributed by atoms with E-state index in [1.807, 2.05) is 0 Å². The minimum absolute atomic E-state index is 0.465. The molecule has 0 saturated heterocycles. The fraction of sp³-hybridized carbons (Fsp3) is 0.182. The standard InChI is InChI=1S/C11H11F2N3/c12-9-2-1-8(7-10(9)13)11-15-4-6-16(11)5-3-14/h1-2,4,6-7H,3,5,14H2. The van der Waals surface area contributed by atoms with E-state index in [1.54, 1.807) is 17.0 Å². The van der Waals surface area contributed by atoms with Crippen LogP contribution >= 0.6 is 0 Å². The molecule has 0 amide bonds. The maximum atomic E-state index is 13.1. The second-order valence-corrected chi connectivity index (χ2v) is 3.36. The van der Waals surface area contributed by atoms with E-state index in [-0.39, 0.29) is 0 Å². The lowest BCUT2D eigenvalue weighted by atomic mass is 10.2. The zero-order valence-corrected chi connectivity index (χ0v) is 8.53. The summed E-state index contributed by atoms with van der Waals surface area (Å²) in [6.07, 6.45) is 3.36. The van der Waals surface area contributed by atoms with Gasteiger partial charge in [0, 0.05) is 31.0 Å². The van der Waals surface area contributed by atoms with Gasteiger partial charge in [0.2, 0.25) is 0 Å². The molecule has 0 radical (unpaired) electrons. The Morgan fingerprint density at radius 3 is 2.75 bits per heavy atom. The topological polar surface area (TPSA) is 43.8 Å². The van der Waals surface area contributed by atoms with E-state index in [0.29, 0.717) is 24.5 Å². The Balaban J connectivity index is 2.42. The monoisotopic (exact) mass is 223 g/mol. The average Bonchev–Trinajstić information content (AvgIpc) is 2.71. The van der Waals surface area contributed by atoms with Crippen molar-refractivity contribution >= 4 is 0 Å². The van der Waals surface area contributed by atoms with E-state index >= 15 is 0 Å². The minimum Gasteiger partial charge on any atom is -0.330 e. The van der Waals surface area contributed by atoms with Crippen molar-refractivity contribution in [1.82, 2.24) is 9.55 Å². The molecule has 16 heavy (non-hydrogen) atoms. The highest BCUT2D eigenvalue weighted by atomic mass is 19.2. The average molecular weight is 223 g/mol. The van der Waals surface area contributed by atoms with E-state index in [4.69, 9.17) is 5.73 Å². The van der Waals surface area contributed by atoms with Gasteiger partial charge < -0.3 is 10.3 Å². The molecule has 1 aromatic heterocycles. The normalized spacial score (nSPS) is 10.7. The van der Waals surface area contributed by atoms with Crippen molar-refractivity contribution in [3.05, 3.63) is 42.2 Å². The molecule has 0 fully saturated rings. The van der Waals surface area contributed by atoms with Crippen LogP contribution in [0.4, 0.5) is 8.78 Å². The van der Waals surface area contributed by atoms with Crippen molar-refractivity contribution in [3.63, 3.8) is 0 Å². The molecule has 0 aliphatic heterocycles. The quantitative estimate of drug-likeness (QED) is 0.862. The number of hydrogen-bond donors (Lipinski definition) is 1. The Labute approximate surface area is 91.5 Å². The summed E-state index contributed by atoms with van der Waals surface area (Å²) in [4.78, 5) is 4.09. The maximum absolute atomic E-state index is 13.1. The molecule has 1 aromatic carbocycles. The summed E-state index contributed by atoms with van der Waals surface area (Å²) in [7, 11) is 0. The van der Waals surface area contributed by atoms with Crippen LogP contribution < -0.4 is 5.73 Å². The number of nitrogens with two attached hydrogens (primary N) is 1. The van der Waals surface area contributed by atoms with E-state index < -0.39 is 11.6 Å². The Hall–Kier alpha value is -1.75. The van der Waals surface area contributed by atoms with Gasteiger partial charge in [-0.05, 0) is 18.2 Å². The molecule has 5 heteroatoms. The minimum atomic E-state index is -0.875. The molecule has 0 aliphatic carbocycles. The molecular weight excluding hydrogens is 212 g/mol. The lowest BCUT2D eigenvalue weighted by Crippen LogP contribution is -2.10. The van der Waals surface area contributed by atoms with Crippen LogP contribution in [0.25, 0.3) is 11.4 Å². The molecule has 1 heterocycles. The summed E-state index contributed by atoms with van der Waals surface area (Å²) in [6.45, 7) is 1.06. The van der Waals surface area contributed by atoms with E-state index in [9.17, 15) is 8.78 Å². The second-order valence-electron chi connectivity index (χ2n) is 3.36. The largest absolute Gasteiger partial charge is 0.330 e. The molecule has 2 aromatic rings. The van der Waals surface area contributed by atoms with Gasteiger partial charge in [-0.1, -0.05) is 0 Å². The first-order valence-corrected chi connectivity index (χ1v) is 4.89. The molecule has 0 bridgehead atoms. The first kappa shape index (κ1) is 10.8. The lowest BCUT2D eigenvalue weighted by molar-refractivity contribution is 0.509. The summed E-state index contributed by atoms with van der Waals surface area (Å²) in [6, 6.07) is 3.71. The predicted octanol–water partition coefficient (Wildman–Crippen LogP) is 1.79. The van der Waals surface area contributed by atoms with E-state index in [2.05, 4.69) is 4.98 Å². The summed E-state index contributed by atoms with van der Waals surface area (Å²) >= 11 is 0. The molecule has 84 valence electrons. The zero-order chi connectivity index (χ0) is 11.5. The van der Waals surface area contributed by atoms with Gasteiger partial charge in [0.05, 0.1) is 0 Å². The third-order valence-corrected chi connectivity index (χ3v) is 2.26. The van der Waals surface area contributed by atoms with Gasteiger partial charge in [-0.3, -0.25) is 0 Å². The number of aromatic nitrogens is 2. The number of hydrogen-bond acceptors (Lipinski definition) is 2. The van der Waals surface area contributed by atoms with Crippen LogP contribution in [0.5, 0.6) is 0 Å². The van der Waals surface area contributed by atoms with Crippen molar-refractivity contribution in [3.8, 4) is 11.4 Å². The molecule has 2 N–H and O–H groups in total. The molecular formula is C11H11F2N3. The van der Waals surface area contributed by atoms with Gasteiger partial charge in [0.25, 0.3) is 0 Å². The molecule has 3 nitrogen and oxygen atoms in total. The highest BCUT2D eigenvalue weighted by Gasteiger charge is 2.08. The van der Waals surface area contributed by atoms with Crippen LogP contribution in [0.1, 0.15) is 0 Å². The molecule has 0 saturated carbocycles. The van der Waals surface area contributed by atoms with Crippen molar-refractivity contribution in [2.45, 2.75) is 6.54 Å². The highest BCUT2D eigenvalue weighted by molar-refractivity contribution is 5.55. The Bertz CT molecular complexity index is 494. The van der Waals surface area contributed by atoms with Gasteiger partial charge in [-0.15, -0.1) is 0 Å². The number of benzene rings is 1. The highest BCUT2D eigenvalue weighted by Crippen LogP contribution is 2.19. The fourth-order valence-corrected chi connectivity index (χ4v) is 1.52. The first-order chi connectivity index (χ1) is 7.72. The fourth-order valence-electron chi connectivity index (χ4n) is 1.52. The van der Waals surface area contributed by atoms with Gasteiger partial charge in [0.15, 0.2) is 11.6 Å². The van der Waals surface area contributed by atoms with Gasteiger partial charge >= 0.3 is 0 Å². The number of imidazole rings is 1. The van der Waals surface area contributed by atoms with Crippen LogP contribution in [0.3, 0.4) is 0 Å². The number of rotatable bonds is 3. The molecule has 0 spiro atoms. The summed E-state index contributed by atoms with van der Waals surface area (Å²) < 4.78 is 27.6. The molecule has 0 aliphatic rings. The van der Waals surface area contributed by atoms with Gasteiger partial charge in [0.1, 0.15) is 5.82 Å². The Morgan fingerprint density at radius 1 is 1.25 bits per heavy atom. The van der Waals surface area contributed by atoms with Gasteiger partial charge in [-0.25, -0.2) is 13.8 Å². The SMILES string of the molecule is NCCn1ccnc1-c1ccc(F)c(F)c1. The summed E-state index contributed by atoms with van der Waals surface area (Å²) in [5, 5.41) is 0. The van der Waals surface area contributed by atoms with E-state index in [0.717, 1.165) is 12.1 Å². The first-order valence-electron chi connectivity index (χ1n) is 4.89. The summed E-state index contributed by atoms with van der Waals surface area (Å²) in [5.74, 6) is -1.15. The van der Waals surface area contributed by atoms with Crippen LogP contribution in [-0.4, -0.2) is 16.1 Å². The summed E-state index contributed by atoms with van der Waals surface area (Å²) in [5.41, 5.74) is 5.98. The third kappa shape index (κ3) is 1.94. The molecule has 0 atom stereocenters. The maximum Gasteiger partial charge on any atom is 0.159 e. The van der Waals surface area contributed by atoms with Crippen molar-refractivity contribution in [2.24, 2.45) is 5.73 Å². The Kier molecular flexibility index (Phi) is 2.96.